The lowest BCUT2D eigenvalue weighted by molar-refractivity contribution is -0.122. The Morgan fingerprint density at radius 2 is 2.15 bits per heavy atom. The highest BCUT2D eigenvalue weighted by atomic mass is 16.5. The number of unbranched alkanes of at least 4 members (excludes halogenated alkanes) is 1. The minimum Gasteiger partial charge on any atom is -0.495 e. The number of para-hydroxylation sites is 2. The molecule has 2 aromatic rings. The van der Waals surface area contributed by atoms with Crippen LogP contribution in [0.4, 0.5) is 5.69 Å². The van der Waals surface area contributed by atoms with Crippen molar-refractivity contribution in [2.45, 2.75) is 45.7 Å². The summed E-state index contributed by atoms with van der Waals surface area (Å²) in [5.41, 5.74) is 1.72. The number of aryl methyl sites for hydroxylation is 1. The maximum atomic E-state index is 12.9. The van der Waals surface area contributed by atoms with Gasteiger partial charge in [0.15, 0.2) is 5.89 Å². The fourth-order valence-corrected chi connectivity index (χ4v) is 3.49. The van der Waals surface area contributed by atoms with Crippen LogP contribution in [0.1, 0.15) is 37.8 Å². The van der Waals surface area contributed by atoms with Gasteiger partial charge in [0.2, 0.25) is 5.91 Å². The molecule has 26 heavy (non-hydrogen) atoms. The van der Waals surface area contributed by atoms with E-state index in [2.05, 4.69) is 16.8 Å². The molecule has 3 rings (SSSR count). The fraction of sp³-hybridized carbons (Fsp3) is 0.500. The van der Waals surface area contributed by atoms with Crippen LogP contribution in [-0.4, -0.2) is 42.0 Å². The minimum absolute atomic E-state index is 0.0856. The van der Waals surface area contributed by atoms with Gasteiger partial charge in [0.1, 0.15) is 12.0 Å². The number of piperazine rings is 1. The van der Waals surface area contributed by atoms with Gasteiger partial charge < -0.3 is 14.1 Å². The van der Waals surface area contributed by atoms with E-state index >= 15 is 0 Å². The van der Waals surface area contributed by atoms with Crippen LogP contribution in [0, 0.1) is 6.92 Å². The second-order valence-electron chi connectivity index (χ2n) is 6.74. The number of hydrogen-bond donors (Lipinski definition) is 0. The number of nitrogens with zero attached hydrogens (tertiary/aromatic N) is 3. The van der Waals surface area contributed by atoms with Crippen molar-refractivity contribution in [3.63, 3.8) is 0 Å². The van der Waals surface area contributed by atoms with Gasteiger partial charge >= 0.3 is 0 Å². The number of methoxy groups -OCH3 is 1. The Morgan fingerprint density at radius 3 is 2.85 bits per heavy atom. The Morgan fingerprint density at radius 1 is 1.35 bits per heavy atom. The molecule has 0 saturated carbocycles. The quantitative estimate of drug-likeness (QED) is 0.760. The molecule has 1 aromatic heterocycles. The third-order valence-corrected chi connectivity index (χ3v) is 4.85. The Balaban J connectivity index is 1.80. The molecule has 6 heteroatoms. The van der Waals surface area contributed by atoms with Crippen LogP contribution in [0.3, 0.4) is 0 Å². The first kappa shape index (κ1) is 18.5. The van der Waals surface area contributed by atoms with Crippen LogP contribution in [0.2, 0.25) is 0 Å². The van der Waals surface area contributed by atoms with E-state index in [1.807, 2.05) is 36.1 Å². The number of hydrogen-bond acceptors (Lipinski definition) is 5. The maximum Gasteiger partial charge on any atom is 0.241 e. The predicted octanol–water partition coefficient (Wildman–Crippen LogP) is 3.40. The molecule has 1 fully saturated rings. The normalized spacial score (nSPS) is 18.3. The monoisotopic (exact) mass is 357 g/mol. The van der Waals surface area contributed by atoms with E-state index in [0.717, 1.165) is 36.4 Å². The molecule has 6 nitrogen and oxygen atoms in total. The van der Waals surface area contributed by atoms with Gasteiger partial charge in [-0.2, -0.15) is 0 Å². The van der Waals surface area contributed by atoms with Crippen molar-refractivity contribution in [2.24, 2.45) is 0 Å². The first-order valence-corrected chi connectivity index (χ1v) is 9.20. The zero-order chi connectivity index (χ0) is 18.5. The topological polar surface area (TPSA) is 58.8 Å². The van der Waals surface area contributed by atoms with Crippen LogP contribution in [0.5, 0.6) is 5.75 Å². The molecule has 1 atom stereocenters. The number of anilines is 1. The molecule has 0 bridgehead atoms. The van der Waals surface area contributed by atoms with E-state index in [1.54, 1.807) is 13.4 Å². The van der Waals surface area contributed by atoms with Gasteiger partial charge in [0.05, 0.1) is 25.0 Å². The van der Waals surface area contributed by atoms with Crippen LogP contribution < -0.4 is 9.64 Å². The van der Waals surface area contributed by atoms with Gasteiger partial charge in [0, 0.05) is 26.1 Å². The summed E-state index contributed by atoms with van der Waals surface area (Å²) < 4.78 is 10.8. The Bertz CT molecular complexity index is 743. The summed E-state index contributed by atoms with van der Waals surface area (Å²) in [4.78, 5) is 21.4. The van der Waals surface area contributed by atoms with Gasteiger partial charge in [-0.05, 0) is 18.6 Å². The van der Waals surface area contributed by atoms with Crippen LogP contribution >= 0.6 is 0 Å². The highest BCUT2D eigenvalue weighted by Gasteiger charge is 2.34. The second kappa shape index (κ2) is 8.36. The van der Waals surface area contributed by atoms with Crippen LogP contribution in [0.25, 0.3) is 0 Å². The van der Waals surface area contributed by atoms with Crippen LogP contribution in [-0.2, 0) is 11.3 Å². The molecule has 0 aliphatic carbocycles. The fourth-order valence-electron chi connectivity index (χ4n) is 3.49. The Hall–Kier alpha value is -2.34. The molecule has 140 valence electrons. The van der Waals surface area contributed by atoms with Crippen molar-refractivity contribution >= 4 is 11.6 Å². The highest BCUT2D eigenvalue weighted by molar-refractivity contribution is 5.97. The molecule has 0 N–H and O–H groups in total. The summed E-state index contributed by atoms with van der Waals surface area (Å²) in [6.45, 7) is 5.70. The summed E-state index contributed by atoms with van der Waals surface area (Å²) in [6.07, 6.45) is 5.00. The second-order valence-corrected chi connectivity index (χ2v) is 6.74. The maximum absolute atomic E-state index is 12.9. The summed E-state index contributed by atoms with van der Waals surface area (Å²) in [5, 5.41) is 0. The molecule has 0 radical (unpaired) electrons. The zero-order valence-electron chi connectivity index (χ0n) is 15.8. The zero-order valence-corrected chi connectivity index (χ0v) is 15.8. The van der Waals surface area contributed by atoms with Crippen molar-refractivity contribution in [1.82, 2.24) is 9.88 Å². The first-order valence-electron chi connectivity index (χ1n) is 9.20. The highest BCUT2D eigenvalue weighted by Crippen LogP contribution is 2.31. The number of carbonyl (C=O) groups excluding carboxylic acids is 1. The Labute approximate surface area is 154 Å². The molecular formula is C20H27N3O3. The van der Waals surface area contributed by atoms with Crippen molar-refractivity contribution in [1.29, 1.82) is 0 Å². The number of aromatic nitrogens is 1. The van der Waals surface area contributed by atoms with Gasteiger partial charge in [-0.1, -0.05) is 31.9 Å². The smallest absolute Gasteiger partial charge is 0.241 e. The number of carbonyl (C=O) groups is 1. The van der Waals surface area contributed by atoms with E-state index in [1.165, 1.54) is 0 Å². The lowest BCUT2D eigenvalue weighted by atomic mass is 10.0. The molecule has 1 amide bonds. The Kier molecular flexibility index (Phi) is 5.93. The summed E-state index contributed by atoms with van der Waals surface area (Å²) in [7, 11) is 1.64. The van der Waals surface area contributed by atoms with Gasteiger partial charge in [-0.25, -0.2) is 4.98 Å². The number of amides is 1. The average Bonchev–Trinajstić information content (AvgIpc) is 3.06. The van der Waals surface area contributed by atoms with Crippen molar-refractivity contribution < 1.29 is 13.9 Å². The van der Waals surface area contributed by atoms with E-state index in [-0.39, 0.29) is 11.9 Å². The van der Waals surface area contributed by atoms with Crippen molar-refractivity contribution in [3.8, 4) is 5.75 Å². The largest absolute Gasteiger partial charge is 0.495 e. The third kappa shape index (κ3) is 4.07. The lowest BCUT2D eigenvalue weighted by Crippen LogP contribution is -2.56. The number of benzene rings is 1. The molecule has 0 unspecified atom stereocenters. The SMILES string of the molecule is CCCC[C@@H]1CN(c2ccccc2OC)C(=O)CN1Cc1coc(C)n1. The molecule has 1 aromatic carbocycles. The molecule has 0 spiro atoms. The number of rotatable bonds is 7. The number of ether oxygens (including phenoxy) is 1. The van der Waals surface area contributed by atoms with Crippen molar-refractivity contribution in [3.05, 3.63) is 42.1 Å². The molecule has 1 saturated heterocycles. The number of oxazole rings is 1. The summed E-state index contributed by atoms with van der Waals surface area (Å²) >= 11 is 0. The van der Waals surface area contributed by atoms with Gasteiger partial charge in [-0.15, -0.1) is 0 Å². The van der Waals surface area contributed by atoms with E-state index in [9.17, 15) is 4.79 Å². The van der Waals surface area contributed by atoms with Gasteiger partial charge in [-0.3, -0.25) is 9.69 Å². The summed E-state index contributed by atoms with van der Waals surface area (Å²) in [5.74, 6) is 1.47. The molecular weight excluding hydrogens is 330 g/mol. The summed E-state index contributed by atoms with van der Waals surface area (Å²) in [6, 6.07) is 7.99. The van der Waals surface area contributed by atoms with Crippen molar-refractivity contribution in [2.75, 3.05) is 25.1 Å². The van der Waals surface area contributed by atoms with E-state index < -0.39 is 0 Å². The van der Waals surface area contributed by atoms with E-state index in [0.29, 0.717) is 25.5 Å². The minimum atomic E-state index is 0.0856. The first-order chi connectivity index (χ1) is 12.6. The lowest BCUT2D eigenvalue weighted by Gasteiger charge is -2.41. The third-order valence-electron chi connectivity index (χ3n) is 4.85. The van der Waals surface area contributed by atoms with Gasteiger partial charge in [0.25, 0.3) is 0 Å². The standard InChI is InChI=1S/C20H27N3O3/c1-4-5-8-17-12-23(18-9-6-7-10-19(18)25-3)20(24)13-22(17)11-16-14-26-15(2)21-16/h6-7,9-10,14,17H,4-5,8,11-13H2,1-3H3/t17-/m1/s1. The van der Waals surface area contributed by atoms with Crippen LogP contribution in [0.15, 0.2) is 34.9 Å². The molecule has 1 aliphatic rings. The molecule has 2 heterocycles. The average molecular weight is 357 g/mol. The predicted molar refractivity (Wildman–Crippen MR) is 100 cm³/mol. The molecule has 1 aliphatic heterocycles. The van der Waals surface area contributed by atoms with E-state index in [4.69, 9.17) is 9.15 Å².